The van der Waals surface area contributed by atoms with Gasteiger partial charge in [0.15, 0.2) is 0 Å². The van der Waals surface area contributed by atoms with Crippen LogP contribution in [0.5, 0.6) is 0 Å². The van der Waals surface area contributed by atoms with E-state index in [0.29, 0.717) is 31.8 Å². The number of nitrogens with one attached hydrogen (secondary N) is 1. The molecule has 0 spiro atoms. The number of thioether (sulfide) groups is 1. The molecule has 3 rings (SSSR count). The maximum absolute atomic E-state index is 13.0. The molecule has 1 heterocycles. The molecule has 2 unspecified atom stereocenters. The molecule has 0 aromatic heterocycles. The molecule has 0 aliphatic carbocycles. The second-order valence-electron chi connectivity index (χ2n) is 6.22. The lowest BCUT2D eigenvalue weighted by Crippen LogP contribution is -2.38. The number of primary amides is 1. The Morgan fingerprint density at radius 3 is 2.52 bits per heavy atom. The standard InChI is InChI=1S/C18H13Cl3F3N3OS/c19-12-5-13-15(14(20)6-12)29-8-11(7-26-27-16(25)28)17(13,21)9-1-3-10(4-2-9)18(22,23)24/h1-7,11H,8H2,(H3,25,27,28). The van der Waals surface area contributed by atoms with E-state index in [-0.39, 0.29) is 0 Å². The molecule has 4 nitrogen and oxygen atoms in total. The lowest BCUT2D eigenvalue weighted by Gasteiger charge is -2.39. The van der Waals surface area contributed by atoms with Crippen molar-refractivity contribution < 1.29 is 18.0 Å². The number of amides is 2. The van der Waals surface area contributed by atoms with Crippen LogP contribution in [-0.4, -0.2) is 18.0 Å². The van der Waals surface area contributed by atoms with Gasteiger partial charge in [0.1, 0.15) is 4.87 Å². The third kappa shape index (κ3) is 4.45. The molecule has 2 aromatic carbocycles. The summed E-state index contributed by atoms with van der Waals surface area (Å²) in [6.07, 6.45) is -3.07. The van der Waals surface area contributed by atoms with Crippen LogP contribution in [0.1, 0.15) is 16.7 Å². The van der Waals surface area contributed by atoms with Gasteiger partial charge in [0.25, 0.3) is 0 Å². The van der Waals surface area contributed by atoms with Gasteiger partial charge < -0.3 is 5.73 Å². The van der Waals surface area contributed by atoms with E-state index in [4.69, 9.17) is 40.5 Å². The number of hydrazone groups is 1. The van der Waals surface area contributed by atoms with Crippen LogP contribution in [-0.2, 0) is 11.1 Å². The Morgan fingerprint density at radius 2 is 1.93 bits per heavy atom. The quantitative estimate of drug-likeness (QED) is 0.326. The van der Waals surface area contributed by atoms with Gasteiger partial charge in [0.05, 0.1) is 10.6 Å². The number of urea groups is 1. The van der Waals surface area contributed by atoms with Crippen LogP contribution in [0.3, 0.4) is 0 Å². The van der Waals surface area contributed by atoms with Crippen LogP contribution in [0.25, 0.3) is 0 Å². The lowest BCUT2D eigenvalue weighted by atomic mass is 9.80. The number of nitrogens with two attached hydrogens (primary N) is 1. The molecule has 0 bridgehead atoms. The maximum Gasteiger partial charge on any atom is 0.416 e. The first kappa shape index (κ1) is 22.1. The Bertz CT molecular complexity index is 969. The zero-order valence-corrected chi connectivity index (χ0v) is 17.5. The first-order chi connectivity index (χ1) is 13.5. The average molecular weight is 483 g/mol. The van der Waals surface area contributed by atoms with Crippen molar-refractivity contribution in [1.82, 2.24) is 5.43 Å². The Labute approximate surface area is 183 Å². The van der Waals surface area contributed by atoms with Crippen LogP contribution in [0.2, 0.25) is 10.0 Å². The number of benzene rings is 2. The van der Waals surface area contributed by atoms with Crippen molar-refractivity contribution in [2.24, 2.45) is 16.8 Å². The van der Waals surface area contributed by atoms with Gasteiger partial charge in [0, 0.05) is 27.8 Å². The molecule has 3 N–H and O–H groups in total. The average Bonchev–Trinajstić information content (AvgIpc) is 2.63. The van der Waals surface area contributed by atoms with Gasteiger partial charge in [-0.25, -0.2) is 10.2 Å². The highest BCUT2D eigenvalue weighted by Gasteiger charge is 2.45. The SMILES string of the molecule is NC(=O)NN=CC1CSc2c(Cl)cc(Cl)cc2C1(Cl)c1ccc(C(F)(F)F)cc1. The predicted octanol–water partition coefficient (Wildman–Crippen LogP) is 5.87. The summed E-state index contributed by atoms with van der Waals surface area (Å²) in [5.41, 5.74) is 7.27. The minimum Gasteiger partial charge on any atom is -0.350 e. The third-order valence-electron chi connectivity index (χ3n) is 4.38. The molecular weight excluding hydrogens is 470 g/mol. The molecule has 1 aliphatic rings. The van der Waals surface area contributed by atoms with E-state index in [1.807, 2.05) is 0 Å². The Hall–Kier alpha value is -1.61. The summed E-state index contributed by atoms with van der Waals surface area (Å²) in [5.74, 6) is -0.109. The molecule has 154 valence electrons. The second kappa shape index (κ2) is 8.26. The minimum absolute atomic E-state index is 0.333. The van der Waals surface area contributed by atoms with Gasteiger partial charge in [-0.2, -0.15) is 18.3 Å². The highest BCUT2D eigenvalue weighted by molar-refractivity contribution is 7.99. The monoisotopic (exact) mass is 481 g/mol. The fourth-order valence-electron chi connectivity index (χ4n) is 3.07. The summed E-state index contributed by atoms with van der Waals surface area (Å²) in [4.78, 5) is 10.3. The van der Waals surface area contributed by atoms with Crippen LogP contribution in [0.4, 0.5) is 18.0 Å². The summed E-state index contributed by atoms with van der Waals surface area (Å²) in [5, 5.41) is 4.52. The van der Waals surface area contributed by atoms with E-state index in [9.17, 15) is 18.0 Å². The van der Waals surface area contributed by atoms with Crippen molar-refractivity contribution in [2.75, 3.05) is 5.75 Å². The van der Waals surface area contributed by atoms with E-state index in [2.05, 4.69) is 10.5 Å². The number of carbonyl (C=O) groups is 1. The number of fused-ring (bicyclic) bond motifs is 1. The number of halogens is 6. The van der Waals surface area contributed by atoms with Crippen molar-refractivity contribution in [3.63, 3.8) is 0 Å². The predicted molar refractivity (Wildman–Crippen MR) is 110 cm³/mol. The normalized spacial score (nSPS) is 21.8. The van der Waals surface area contributed by atoms with Gasteiger partial charge in [-0.3, -0.25) is 0 Å². The smallest absolute Gasteiger partial charge is 0.350 e. The van der Waals surface area contributed by atoms with E-state index >= 15 is 0 Å². The number of rotatable bonds is 3. The molecule has 2 amide bonds. The molecule has 11 heteroatoms. The topological polar surface area (TPSA) is 67.5 Å². The minimum atomic E-state index is -4.47. The summed E-state index contributed by atoms with van der Waals surface area (Å²) in [6.45, 7) is 0. The van der Waals surface area contributed by atoms with Gasteiger partial charge in [-0.15, -0.1) is 23.4 Å². The fourth-order valence-corrected chi connectivity index (χ4v) is 5.54. The Balaban J connectivity index is 2.15. The Kier molecular flexibility index (Phi) is 6.29. The van der Waals surface area contributed by atoms with Crippen LogP contribution in [0.15, 0.2) is 46.4 Å². The van der Waals surface area contributed by atoms with Gasteiger partial charge >= 0.3 is 12.2 Å². The van der Waals surface area contributed by atoms with E-state index in [0.717, 1.165) is 12.1 Å². The van der Waals surface area contributed by atoms with Crippen molar-refractivity contribution in [3.05, 3.63) is 63.1 Å². The molecular formula is C18H13Cl3F3N3OS. The van der Waals surface area contributed by atoms with E-state index < -0.39 is 28.6 Å². The highest BCUT2D eigenvalue weighted by Crippen LogP contribution is 2.54. The third-order valence-corrected chi connectivity index (χ3v) is 6.96. The molecule has 0 saturated carbocycles. The molecule has 2 atom stereocenters. The van der Waals surface area contributed by atoms with Crippen LogP contribution >= 0.6 is 46.6 Å². The van der Waals surface area contributed by atoms with Gasteiger partial charge in [-0.1, -0.05) is 35.3 Å². The second-order valence-corrected chi connectivity index (χ2v) is 8.69. The number of hydrogen-bond acceptors (Lipinski definition) is 3. The first-order valence-electron chi connectivity index (χ1n) is 8.11. The summed E-state index contributed by atoms with van der Waals surface area (Å²) < 4.78 is 38.9. The summed E-state index contributed by atoms with van der Waals surface area (Å²) in [7, 11) is 0. The van der Waals surface area contributed by atoms with E-state index in [1.54, 1.807) is 12.1 Å². The number of carbonyl (C=O) groups excluding carboxylic acids is 1. The lowest BCUT2D eigenvalue weighted by molar-refractivity contribution is -0.137. The number of nitrogens with zero attached hydrogens (tertiary/aromatic N) is 1. The van der Waals surface area contributed by atoms with E-state index in [1.165, 1.54) is 30.1 Å². The van der Waals surface area contributed by atoms with Gasteiger partial charge in [-0.05, 0) is 35.4 Å². The first-order valence-corrected chi connectivity index (χ1v) is 10.2. The molecule has 2 aromatic rings. The van der Waals surface area contributed by atoms with Crippen molar-refractivity contribution in [1.29, 1.82) is 0 Å². The summed E-state index contributed by atoms with van der Waals surface area (Å²) >= 11 is 21.0. The zero-order valence-electron chi connectivity index (χ0n) is 14.4. The van der Waals surface area contributed by atoms with Gasteiger partial charge in [0.2, 0.25) is 0 Å². The van der Waals surface area contributed by atoms with Crippen molar-refractivity contribution in [3.8, 4) is 0 Å². The van der Waals surface area contributed by atoms with Crippen molar-refractivity contribution >= 4 is 58.8 Å². The number of hydrogen-bond donors (Lipinski definition) is 2. The molecule has 0 fully saturated rings. The highest BCUT2D eigenvalue weighted by atomic mass is 35.5. The van der Waals surface area contributed by atoms with Crippen LogP contribution < -0.4 is 11.2 Å². The molecule has 1 aliphatic heterocycles. The molecule has 0 radical (unpaired) electrons. The molecule has 0 saturated heterocycles. The largest absolute Gasteiger partial charge is 0.416 e. The molecule has 29 heavy (non-hydrogen) atoms. The number of alkyl halides is 4. The zero-order chi connectivity index (χ0) is 21.4. The van der Waals surface area contributed by atoms with Crippen molar-refractivity contribution in [2.45, 2.75) is 15.9 Å². The maximum atomic E-state index is 13.0. The Morgan fingerprint density at radius 1 is 1.28 bits per heavy atom. The fraction of sp³-hybridized carbons (Fsp3) is 0.222. The van der Waals surface area contributed by atoms with Crippen LogP contribution in [0, 0.1) is 5.92 Å². The summed E-state index contributed by atoms with van der Waals surface area (Å²) in [6, 6.07) is 6.89.